The molecule has 8 heteroatoms. The smallest absolute Gasteiger partial charge is 0.265 e. The number of carbonyl (C=O) groups is 2. The van der Waals surface area contributed by atoms with Crippen molar-refractivity contribution in [1.82, 2.24) is 4.90 Å². The quantitative estimate of drug-likeness (QED) is 0.566. The summed E-state index contributed by atoms with van der Waals surface area (Å²) in [5.41, 5.74) is 1.44. The number of hydrogen-bond acceptors (Lipinski definition) is 6. The number of methoxy groups -OCH3 is 1. The Kier molecular flexibility index (Phi) is 7.92. The molecular formula is C27H32N2O6. The Labute approximate surface area is 206 Å². The SMILES string of the molecule is COc1cc(/C=C/C(=O)N2CC(C(=O)N3CCOCC3)Oc3ccccc32)ccc1OCC(C)C. The molecule has 4 rings (SSSR count). The summed E-state index contributed by atoms with van der Waals surface area (Å²) < 4.78 is 22.6. The summed E-state index contributed by atoms with van der Waals surface area (Å²) in [6, 6.07) is 12.8. The second-order valence-corrected chi connectivity index (χ2v) is 8.91. The first kappa shape index (κ1) is 24.6. The zero-order chi connectivity index (χ0) is 24.8. The van der Waals surface area contributed by atoms with Crippen molar-refractivity contribution in [1.29, 1.82) is 0 Å². The summed E-state index contributed by atoms with van der Waals surface area (Å²) in [7, 11) is 1.59. The summed E-state index contributed by atoms with van der Waals surface area (Å²) in [6.07, 6.45) is 2.47. The fraction of sp³-hybridized carbons (Fsp3) is 0.407. The van der Waals surface area contributed by atoms with E-state index in [9.17, 15) is 9.59 Å². The van der Waals surface area contributed by atoms with E-state index in [-0.39, 0.29) is 18.4 Å². The molecule has 2 aromatic carbocycles. The average Bonchev–Trinajstić information content (AvgIpc) is 2.90. The Balaban J connectivity index is 1.51. The van der Waals surface area contributed by atoms with E-state index in [1.165, 1.54) is 6.08 Å². The number of benzene rings is 2. The molecule has 0 saturated carbocycles. The first-order valence-corrected chi connectivity index (χ1v) is 11.9. The maximum Gasteiger partial charge on any atom is 0.265 e. The van der Waals surface area contributed by atoms with Gasteiger partial charge >= 0.3 is 0 Å². The summed E-state index contributed by atoms with van der Waals surface area (Å²) in [6.45, 7) is 6.94. The minimum Gasteiger partial charge on any atom is -0.493 e. The van der Waals surface area contributed by atoms with Crippen molar-refractivity contribution >= 4 is 23.6 Å². The predicted octanol–water partition coefficient (Wildman–Crippen LogP) is 3.40. The van der Waals surface area contributed by atoms with Crippen LogP contribution in [0.1, 0.15) is 19.4 Å². The molecule has 2 heterocycles. The summed E-state index contributed by atoms with van der Waals surface area (Å²) in [5.74, 6) is 1.81. The Bertz CT molecular complexity index is 1080. The van der Waals surface area contributed by atoms with Gasteiger partial charge in [0, 0.05) is 19.2 Å². The average molecular weight is 481 g/mol. The Morgan fingerprint density at radius 1 is 1.11 bits per heavy atom. The topological polar surface area (TPSA) is 77.5 Å². The van der Waals surface area contributed by atoms with Crippen LogP contribution < -0.4 is 19.1 Å². The Hall–Kier alpha value is -3.52. The molecule has 0 N–H and O–H groups in total. The fourth-order valence-corrected chi connectivity index (χ4v) is 3.98. The number of anilines is 1. The number of hydrogen-bond donors (Lipinski definition) is 0. The third-order valence-corrected chi connectivity index (χ3v) is 5.82. The molecule has 2 aliphatic rings. The van der Waals surface area contributed by atoms with Gasteiger partial charge in [-0.1, -0.05) is 32.0 Å². The number of fused-ring (bicyclic) bond motifs is 1. The van der Waals surface area contributed by atoms with Gasteiger partial charge in [0.05, 0.1) is 39.2 Å². The molecule has 1 saturated heterocycles. The molecule has 0 spiro atoms. The number of amides is 2. The first-order valence-electron chi connectivity index (χ1n) is 11.9. The highest BCUT2D eigenvalue weighted by Gasteiger charge is 2.35. The lowest BCUT2D eigenvalue weighted by molar-refractivity contribution is -0.142. The van der Waals surface area contributed by atoms with Crippen LogP contribution in [0.3, 0.4) is 0 Å². The lowest BCUT2D eigenvalue weighted by Gasteiger charge is -2.37. The molecule has 0 radical (unpaired) electrons. The number of rotatable bonds is 7. The molecule has 8 nitrogen and oxygen atoms in total. The van der Waals surface area contributed by atoms with Crippen LogP contribution in [0.2, 0.25) is 0 Å². The van der Waals surface area contributed by atoms with Crippen molar-refractivity contribution in [3.8, 4) is 17.2 Å². The van der Waals surface area contributed by atoms with Gasteiger partial charge in [-0.25, -0.2) is 0 Å². The van der Waals surface area contributed by atoms with Crippen LogP contribution in [0, 0.1) is 5.92 Å². The van der Waals surface area contributed by atoms with E-state index in [1.54, 1.807) is 29.1 Å². The molecule has 0 aromatic heterocycles. The molecule has 0 bridgehead atoms. The van der Waals surface area contributed by atoms with Gasteiger partial charge in [-0.15, -0.1) is 0 Å². The number of nitrogens with zero attached hydrogens (tertiary/aromatic N) is 2. The predicted molar refractivity (Wildman–Crippen MR) is 133 cm³/mol. The standard InChI is InChI=1S/C27H32N2O6/c1-19(2)18-34-23-10-8-20(16-24(23)32-3)9-11-26(30)29-17-25(27(31)28-12-14-33-15-13-28)35-22-7-5-4-6-21(22)29/h4-11,16,19,25H,12-15,17-18H2,1-3H3/b11-9+. The third-order valence-electron chi connectivity index (χ3n) is 5.82. The molecule has 186 valence electrons. The van der Waals surface area contributed by atoms with E-state index >= 15 is 0 Å². The molecule has 2 aliphatic heterocycles. The minimum absolute atomic E-state index is 0.133. The van der Waals surface area contributed by atoms with Gasteiger partial charge in [-0.05, 0) is 41.8 Å². The van der Waals surface area contributed by atoms with Crippen molar-refractivity contribution < 1.29 is 28.5 Å². The highest BCUT2D eigenvalue weighted by atomic mass is 16.5. The van der Waals surface area contributed by atoms with Crippen LogP contribution in [-0.2, 0) is 14.3 Å². The zero-order valence-electron chi connectivity index (χ0n) is 20.4. The van der Waals surface area contributed by atoms with E-state index in [1.807, 2.05) is 36.4 Å². The van der Waals surface area contributed by atoms with Gasteiger partial charge < -0.3 is 28.7 Å². The molecule has 0 aliphatic carbocycles. The summed E-state index contributed by atoms with van der Waals surface area (Å²) in [5, 5.41) is 0. The van der Waals surface area contributed by atoms with Crippen LogP contribution in [0.15, 0.2) is 48.5 Å². The van der Waals surface area contributed by atoms with E-state index in [2.05, 4.69) is 13.8 Å². The molecule has 1 fully saturated rings. The monoisotopic (exact) mass is 480 g/mol. The number of carbonyl (C=O) groups excluding carboxylic acids is 2. The van der Waals surface area contributed by atoms with Gasteiger partial charge in [0.2, 0.25) is 0 Å². The Morgan fingerprint density at radius 3 is 2.63 bits per heavy atom. The van der Waals surface area contributed by atoms with Gasteiger partial charge in [-0.3, -0.25) is 9.59 Å². The molecule has 2 amide bonds. The van der Waals surface area contributed by atoms with E-state index in [4.69, 9.17) is 18.9 Å². The highest BCUT2D eigenvalue weighted by Crippen LogP contribution is 2.34. The summed E-state index contributed by atoms with van der Waals surface area (Å²) in [4.78, 5) is 29.7. The number of morpholine rings is 1. The maximum absolute atomic E-state index is 13.3. The van der Waals surface area contributed by atoms with Crippen LogP contribution >= 0.6 is 0 Å². The Morgan fingerprint density at radius 2 is 1.89 bits per heavy atom. The second-order valence-electron chi connectivity index (χ2n) is 8.91. The molecule has 2 aromatic rings. The van der Waals surface area contributed by atoms with Gasteiger partial charge in [-0.2, -0.15) is 0 Å². The van der Waals surface area contributed by atoms with Gasteiger partial charge in [0.1, 0.15) is 5.75 Å². The molecular weight excluding hydrogens is 448 g/mol. The van der Waals surface area contributed by atoms with Crippen molar-refractivity contribution in [2.45, 2.75) is 20.0 Å². The van der Waals surface area contributed by atoms with Crippen LogP contribution in [-0.4, -0.2) is 69.4 Å². The third kappa shape index (κ3) is 5.95. The largest absolute Gasteiger partial charge is 0.493 e. The lowest BCUT2D eigenvalue weighted by Crippen LogP contribution is -2.53. The van der Waals surface area contributed by atoms with Crippen molar-refractivity contribution in [3.05, 3.63) is 54.1 Å². The van der Waals surface area contributed by atoms with E-state index in [0.29, 0.717) is 61.8 Å². The molecule has 35 heavy (non-hydrogen) atoms. The van der Waals surface area contributed by atoms with Crippen LogP contribution in [0.5, 0.6) is 17.2 Å². The zero-order valence-corrected chi connectivity index (χ0v) is 20.4. The second kappa shape index (κ2) is 11.3. The molecule has 1 atom stereocenters. The summed E-state index contributed by atoms with van der Waals surface area (Å²) >= 11 is 0. The van der Waals surface area contributed by atoms with Crippen LogP contribution in [0.4, 0.5) is 5.69 Å². The van der Waals surface area contributed by atoms with Crippen LogP contribution in [0.25, 0.3) is 6.08 Å². The van der Waals surface area contributed by atoms with E-state index < -0.39 is 6.10 Å². The number of ether oxygens (including phenoxy) is 4. The maximum atomic E-state index is 13.3. The van der Waals surface area contributed by atoms with E-state index in [0.717, 1.165) is 5.56 Å². The number of para-hydroxylation sites is 2. The first-order chi connectivity index (χ1) is 17.0. The van der Waals surface area contributed by atoms with Crippen molar-refractivity contribution in [2.24, 2.45) is 5.92 Å². The van der Waals surface area contributed by atoms with Gasteiger partial charge in [0.15, 0.2) is 17.6 Å². The molecule has 1 unspecified atom stereocenters. The highest BCUT2D eigenvalue weighted by molar-refractivity contribution is 6.05. The van der Waals surface area contributed by atoms with Crippen molar-refractivity contribution in [3.63, 3.8) is 0 Å². The minimum atomic E-state index is -0.766. The van der Waals surface area contributed by atoms with Crippen molar-refractivity contribution in [2.75, 3.05) is 51.5 Å². The lowest BCUT2D eigenvalue weighted by atomic mass is 10.1. The fourth-order valence-electron chi connectivity index (χ4n) is 3.98. The normalized spacial score (nSPS) is 17.8. The van der Waals surface area contributed by atoms with Gasteiger partial charge in [0.25, 0.3) is 11.8 Å².